The van der Waals surface area contributed by atoms with Gasteiger partial charge in [0.05, 0.1) is 12.0 Å². The fourth-order valence-electron chi connectivity index (χ4n) is 0.667. The molecule has 0 amide bonds. The third-order valence-electron chi connectivity index (χ3n) is 1.12. The van der Waals surface area contributed by atoms with Crippen molar-refractivity contribution in [3.63, 3.8) is 0 Å². The topological polar surface area (TPSA) is 28.7 Å². The van der Waals surface area contributed by atoms with Gasteiger partial charge in [-0.3, -0.25) is 0 Å². The van der Waals surface area contributed by atoms with E-state index < -0.39 is 24.2 Å². The summed E-state index contributed by atoms with van der Waals surface area (Å²) in [5, 5.41) is 0. The number of nitrogens with zero attached hydrogens (tertiary/aromatic N) is 1. The fourth-order valence-corrected chi connectivity index (χ4v) is 0.667. The van der Waals surface area contributed by atoms with Crippen molar-refractivity contribution in [2.24, 2.45) is 0 Å². The van der Waals surface area contributed by atoms with Crippen LogP contribution in [0.3, 0.4) is 0 Å². The molecule has 0 aliphatic carbocycles. The monoisotopic (exact) mass is 168 g/mol. The van der Waals surface area contributed by atoms with Crippen LogP contribution in [0, 0.1) is 0 Å². The highest BCUT2D eigenvalue weighted by Gasteiger charge is 2.36. The maximum atomic E-state index is 11.8. The van der Waals surface area contributed by atoms with Gasteiger partial charge in [0.25, 0.3) is 0 Å². The van der Waals surface area contributed by atoms with E-state index in [4.69, 9.17) is 0 Å². The fraction of sp³-hybridized carbons (Fsp3) is 0.400. The van der Waals surface area contributed by atoms with Crippen LogP contribution in [-0.4, -0.2) is 9.97 Å². The van der Waals surface area contributed by atoms with Gasteiger partial charge < -0.3 is 4.98 Å². The van der Waals surface area contributed by atoms with Crippen molar-refractivity contribution < 1.29 is 17.6 Å². The summed E-state index contributed by atoms with van der Waals surface area (Å²) in [4.78, 5) is 4.99. The Morgan fingerprint density at radius 2 is 2.09 bits per heavy atom. The van der Waals surface area contributed by atoms with Crippen LogP contribution in [0.5, 0.6) is 0 Å². The lowest BCUT2D eigenvalue weighted by atomic mass is 10.3. The number of imidazole rings is 1. The second kappa shape index (κ2) is 2.52. The summed E-state index contributed by atoms with van der Waals surface area (Å²) < 4.78 is 47.2. The molecule has 1 heterocycles. The van der Waals surface area contributed by atoms with E-state index in [2.05, 4.69) is 9.97 Å². The Morgan fingerprint density at radius 1 is 1.45 bits per heavy atom. The largest absolute Gasteiger partial charge is 0.435 e. The third kappa shape index (κ3) is 1.50. The lowest BCUT2D eigenvalue weighted by molar-refractivity contribution is -0.141. The zero-order valence-electron chi connectivity index (χ0n) is 5.24. The molecule has 0 bridgehead atoms. The van der Waals surface area contributed by atoms with E-state index >= 15 is 0 Å². The van der Waals surface area contributed by atoms with Crippen molar-refractivity contribution in [1.29, 1.82) is 0 Å². The summed E-state index contributed by atoms with van der Waals surface area (Å²) in [5.74, 6) is 0. The van der Waals surface area contributed by atoms with Crippen molar-refractivity contribution in [2.75, 3.05) is 0 Å². The van der Waals surface area contributed by atoms with Crippen molar-refractivity contribution in [1.82, 2.24) is 9.97 Å². The van der Waals surface area contributed by atoms with Crippen LogP contribution < -0.4 is 0 Å². The number of nitrogens with one attached hydrogen (secondary N) is 1. The molecular weight excluding hydrogens is 164 g/mol. The molecule has 0 aromatic carbocycles. The number of H-pyrrole nitrogens is 1. The minimum absolute atomic E-state index is 0.530. The molecule has 1 aromatic heterocycles. The maximum Gasteiger partial charge on any atom is 0.435 e. The zero-order chi connectivity index (χ0) is 8.48. The molecule has 0 fully saturated rings. The Labute approximate surface area is 59.3 Å². The average Bonchev–Trinajstić information content (AvgIpc) is 2.31. The predicted octanol–water partition coefficient (Wildman–Crippen LogP) is 1.90. The van der Waals surface area contributed by atoms with Crippen LogP contribution >= 0.6 is 0 Å². The standard InChI is InChI=1S/C5H4F4N2/c6-1-3-4(5(7,8)9)11-2-10-3/h2H,1H2,(H,10,11). The summed E-state index contributed by atoms with van der Waals surface area (Å²) in [6.45, 7) is -1.19. The first kappa shape index (κ1) is 8.03. The van der Waals surface area contributed by atoms with Crippen molar-refractivity contribution >= 4 is 0 Å². The molecule has 0 atom stereocenters. The Bertz CT molecular complexity index is 239. The molecule has 0 radical (unpaired) electrons. The van der Waals surface area contributed by atoms with Crippen molar-refractivity contribution in [3.05, 3.63) is 17.7 Å². The quantitative estimate of drug-likeness (QED) is 0.637. The van der Waals surface area contributed by atoms with Gasteiger partial charge in [-0.15, -0.1) is 0 Å². The van der Waals surface area contributed by atoms with Gasteiger partial charge >= 0.3 is 6.18 Å². The molecule has 1 N–H and O–H groups in total. The van der Waals surface area contributed by atoms with Gasteiger partial charge in [0.2, 0.25) is 0 Å². The molecule has 0 unspecified atom stereocenters. The molecule has 0 spiro atoms. The first-order valence-corrected chi connectivity index (χ1v) is 2.71. The van der Waals surface area contributed by atoms with E-state index in [1.54, 1.807) is 0 Å². The second-order valence-corrected chi connectivity index (χ2v) is 1.86. The summed E-state index contributed by atoms with van der Waals surface area (Å²) >= 11 is 0. The van der Waals surface area contributed by atoms with Gasteiger partial charge in [-0.05, 0) is 0 Å². The first-order chi connectivity index (χ1) is 5.05. The first-order valence-electron chi connectivity index (χ1n) is 2.71. The molecule has 2 nitrogen and oxygen atoms in total. The molecule has 0 saturated heterocycles. The average molecular weight is 168 g/mol. The van der Waals surface area contributed by atoms with Crippen LogP contribution in [0.1, 0.15) is 11.4 Å². The van der Waals surface area contributed by atoms with Crippen LogP contribution in [0.25, 0.3) is 0 Å². The number of halogens is 4. The van der Waals surface area contributed by atoms with Gasteiger partial charge in [0, 0.05) is 0 Å². The van der Waals surface area contributed by atoms with Crippen LogP contribution in [0.4, 0.5) is 17.6 Å². The minimum Gasteiger partial charge on any atom is -0.346 e. The van der Waals surface area contributed by atoms with E-state index in [0.717, 1.165) is 6.33 Å². The maximum absolute atomic E-state index is 11.8. The van der Waals surface area contributed by atoms with Crippen LogP contribution in [0.2, 0.25) is 0 Å². The number of hydrogen-bond donors (Lipinski definition) is 1. The predicted molar refractivity (Wildman–Crippen MR) is 28.4 cm³/mol. The van der Waals surface area contributed by atoms with E-state index in [0.29, 0.717) is 0 Å². The second-order valence-electron chi connectivity index (χ2n) is 1.86. The molecule has 0 saturated carbocycles. The molecular formula is C5H4F4N2. The van der Waals surface area contributed by atoms with E-state index in [-0.39, 0.29) is 0 Å². The number of alkyl halides is 4. The van der Waals surface area contributed by atoms with Crippen LogP contribution in [0.15, 0.2) is 6.33 Å². The summed E-state index contributed by atoms with van der Waals surface area (Å²) in [7, 11) is 0. The smallest absolute Gasteiger partial charge is 0.346 e. The third-order valence-corrected chi connectivity index (χ3v) is 1.12. The Balaban J connectivity index is 3.02. The van der Waals surface area contributed by atoms with Crippen LogP contribution in [-0.2, 0) is 12.9 Å². The highest BCUT2D eigenvalue weighted by atomic mass is 19.4. The van der Waals surface area contributed by atoms with E-state index in [1.807, 2.05) is 0 Å². The minimum atomic E-state index is -4.57. The van der Waals surface area contributed by atoms with Crippen molar-refractivity contribution in [3.8, 4) is 0 Å². The molecule has 11 heavy (non-hydrogen) atoms. The highest BCUT2D eigenvalue weighted by Crippen LogP contribution is 2.29. The number of rotatable bonds is 1. The molecule has 0 aliphatic rings. The Kier molecular flexibility index (Phi) is 1.84. The van der Waals surface area contributed by atoms with Gasteiger partial charge in [0.1, 0.15) is 6.67 Å². The van der Waals surface area contributed by atoms with E-state index in [1.165, 1.54) is 0 Å². The van der Waals surface area contributed by atoms with Crippen molar-refractivity contribution in [2.45, 2.75) is 12.9 Å². The van der Waals surface area contributed by atoms with Gasteiger partial charge in [-0.1, -0.05) is 0 Å². The zero-order valence-corrected chi connectivity index (χ0v) is 5.24. The molecule has 1 rings (SSSR count). The Morgan fingerprint density at radius 3 is 2.45 bits per heavy atom. The van der Waals surface area contributed by atoms with E-state index in [9.17, 15) is 17.6 Å². The SMILES string of the molecule is FCc1[nH]cnc1C(F)(F)F. The summed E-state index contributed by atoms with van der Waals surface area (Å²) in [5.41, 5.74) is -1.71. The highest BCUT2D eigenvalue weighted by molar-refractivity contribution is 5.13. The normalized spacial score (nSPS) is 12.0. The molecule has 0 aliphatic heterocycles. The molecule has 62 valence electrons. The number of aromatic amines is 1. The molecule has 1 aromatic rings. The van der Waals surface area contributed by atoms with Gasteiger partial charge in [-0.25, -0.2) is 9.37 Å². The Hall–Kier alpha value is -1.07. The number of hydrogen-bond acceptors (Lipinski definition) is 1. The van der Waals surface area contributed by atoms with Gasteiger partial charge in [0.15, 0.2) is 5.69 Å². The molecule has 6 heteroatoms. The summed E-state index contributed by atoms with van der Waals surface area (Å²) in [6, 6.07) is 0. The van der Waals surface area contributed by atoms with Gasteiger partial charge in [-0.2, -0.15) is 13.2 Å². The summed E-state index contributed by atoms with van der Waals surface area (Å²) in [6.07, 6.45) is -3.75. The lowest BCUT2D eigenvalue weighted by Crippen LogP contribution is -2.08. The number of aromatic nitrogens is 2. The lowest BCUT2D eigenvalue weighted by Gasteiger charge is -2.02.